The van der Waals surface area contributed by atoms with Crippen LogP contribution in [0, 0.1) is 11.6 Å². The third-order valence-electron chi connectivity index (χ3n) is 3.49. The van der Waals surface area contributed by atoms with Gasteiger partial charge in [0.15, 0.2) is 11.6 Å². The summed E-state index contributed by atoms with van der Waals surface area (Å²) in [5, 5.41) is 0.284. The third-order valence-corrected chi connectivity index (χ3v) is 4.76. The molecule has 2 N–H and O–H groups in total. The van der Waals surface area contributed by atoms with E-state index in [2.05, 4.69) is 9.71 Å². The highest BCUT2D eigenvalue weighted by molar-refractivity contribution is 7.92. The number of hydrogen-bond donors (Lipinski definition) is 2. The van der Waals surface area contributed by atoms with Crippen molar-refractivity contribution < 1.29 is 17.2 Å². The molecule has 0 saturated carbocycles. The molecular weight excluding hydrogens is 322 g/mol. The standard InChI is InChI=1S/C16H14F2N2O2S/c17-13-8-12-15(9-14(13)18)19-10-16(12)20-23(21,22)7-6-11-4-2-1-3-5-11/h1-5,8-10,19-20H,6-7H2. The zero-order valence-corrected chi connectivity index (χ0v) is 12.8. The molecule has 4 nitrogen and oxygen atoms in total. The second-order valence-corrected chi connectivity index (χ2v) is 7.01. The lowest BCUT2D eigenvalue weighted by Crippen LogP contribution is -2.18. The molecule has 0 aliphatic carbocycles. The lowest BCUT2D eigenvalue weighted by Gasteiger charge is -2.07. The predicted molar refractivity (Wildman–Crippen MR) is 85.8 cm³/mol. The van der Waals surface area contributed by atoms with Crippen LogP contribution in [0.3, 0.4) is 0 Å². The Kier molecular flexibility index (Phi) is 4.04. The lowest BCUT2D eigenvalue weighted by molar-refractivity contribution is 0.511. The highest BCUT2D eigenvalue weighted by Crippen LogP contribution is 2.26. The van der Waals surface area contributed by atoms with E-state index in [1.807, 2.05) is 30.3 Å². The van der Waals surface area contributed by atoms with Gasteiger partial charge < -0.3 is 4.98 Å². The van der Waals surface area contributed by atoms with Gasteiger partial charge in [0.05, 0.1) is 17.0 Å². The summed E-state index contributed by atoms with van der Waals surface area (Å²) in [5.74, 6) is -2.12. The van der Waals surface area contributed by atoms with Gasteiger partial charge in [-0.3, -0.25) is 4.72 Å². The second-order valence-electron chi connectivity index (χ2n) is 5.17. The summed E-state index contributed by atoms with van der Waals surface area (Å²) in [6, 6.07) is 11.2. The summed E-state index contributed by atoms with van der Waals surface area (Å²) < 4.78 is 53.3. The van der Waals surface area contributed by atoms with E-state index >= 15 is 0 Å². The van der Waals surface area contributed by atoms with E-state index in [0.717, 1.165) is 17.7 Å². The molecule has 0 spiro atoms. The Bertz CT molecular complexity index is 937. The molecule has 7 heteroatoms. The van der Waals surface area contributed by atoms with Crippen LogP contribution < -0.4 is 4.72 Å². The highest BCUT2D eigenvalue weighted by Gasteiger charge is 2.15. The molecule has 2 aromatic carbocycles. The zero-order valence-electron chi connectivity index (χ0n) is 12.0. The normalized spacial score (nSPS) is 11.7. The Labute approximate surface area is 132 Å². The molecule has 0 aliphatic heterocycles. The molecule has 3 aromatic rings. The van der Waals surface area contributed by atoms with Crippen LogP contribution in [0.5, 0.6) is 0 Å². The van der Waals surface area contributed by atoms with Crippen molar-refractivity contribution in [2.45, 2.75) is 6.42 Å². The van der Waals surface area contributed by atoms with Crippen LogP contribution in [0.4, 0.5) is 14.5 Å². The molecule has 0 fully saturated rings. The van der Waals surface area contributed by atoms with E-state index in [1.54, 1.807) is 0 Å². The van der Waals surface area contributed by atoms with Gasteiger partial charge >= 0.3 is 0 Å². The lowest BCUT2D eigenvalue weighted by atomic mass is 10.2. The number of nitrogens with one attached hydrogen (secondary N) is 2. The molecule has 3 rings (SSSR count). The van der Waals surface area contributed by atoms with Gasteiger partial charge in [-0.05, 0) is 18.1 Å². The van der Waals surface area contributed by atoms with E-state index in [-0.39, 0.29) is 16.8 Å². The molecule has 1 heterocycles. The second kappa shape index (κ2) is 6.00. The van der Waals surface area contributed by atoms with Crippen molar-refractivity contribution in [3.05, 3.63) is 65.9 Å². The van der Waals surface area contributed by atoms with E-state index < -0.39 is 21.7 Å². The number of fused-ring (bicyclic) bond motifs is 1. The number of aryl methyl sites for hydroxylation is 1. The number of anilines is 1. The van der Waals surface area contributed by atoms with E-state index in [1.165, 1.54) is 6.20 Å². The van der Waals surface area contributed by atoms with Crippen molar-refractivity contribution in [3.63, 3.8) is 0 Å². The van der Waals surface area contributed by atoms with Gasteiger partial charge in [0, 0.05) is 17.6 Å². The monoisotopic (exact) mass is 336 g/mol. The first-order valence-corrected chi connectivity index (χ1v) is 8.60. The molecule has 120 valence electrons. The summed E-state index contributed by atoms with van der Waals surface area (Å²) in [7, 11) is -3.60. The molecular formula is C16H14F2N2O2S. The maximum atomic E-state index is 13.3. The number of aromatic nitrogens is 1. The zero-order chi connectivity index (χ0) is 16.4. The van der Waals surface area contributed by atoms with Crippen LogP contribution >= 0.6 is 0 Å². The fourth-order valence-electron chi connectivity index (χ4n) is 2.32. The molecule has 0 unspecified atom stereocenters. The van der Waals surface area contributed by atoms with Gasteiger partial charge in [-0.25, -0.2) is 17.2 Å². The van der Waals surface area contributed by atoms with Gasteiger partial charge in [-0.2, -0.15) is 0 Å². The highest BCUT2D eigenvalue weighted by atomic mass is 32.2. The fraction of sp³-hybridized carbons (Fsp3) is 0.125. The summed E-state index contributed by atoms with van der Waals surface area (Å²) in [4.78, 5) is 2.72. The minimum Gasteiger partial charge on any atom is -0.359 e. The minimum atomic E-state index is -3.60. The Morgan fingerprint density at radius 3 is 2.48 bits per heavy atom. The Morgan fingerprint density at radius 1 is 1.04 bits per heavy atom. The summed E-state index contributed by atoms with van der Waals surface area (Å²) in [6.07, 6.45) is 1.74. The summed E-state index contributed by atoms with van der Waals surface area (Å²) >= 11 is 0. The number of benzene rings is 2. The summed E-state index contributed by atoms with van der Waals surface area (Å²) in [6.45, 7) is 0. The predicted octanol–water partition coefficient (Wildman–Crippen LogP) is 3.43. The minimum absolute atomic E-state index is 0.104. The molecule has 0 aliphatic rings. The van der Waals surface area contributed by atoms with Gasteiger partial charge in [0.1, 0.15) is 0 Å². The van der Waals surface area contributed by atoms with Gasteiger partial charge in [-0.1, -0.05) is 30.3 Å². The quantitative estimate of drug-likeness (QED) is 0.750. The van der Waals surface area contributed by atoms with Crippen LogP contribution in [0.1, 0.15) is 5.56 Å². The van der Waals surface area contributed by atoms with Crippen LogP contribution in [-0.4, -0.2) is 19.2 Å². The average molecular weight is 336 g/mol. The molecule has 0 saturated heterocycles. The maximum Gasteiger partial charge on any atom is 0.233 e. The van der Waals surface area contributed by atoms with Crippen LogP contribution in [-0.2, 0) is 16.4 Å². The van der Waals surface area contributed by atoms with Crippen molar-refractivity contribution in [2.75, 3.05) is 10.5 Å². The Morgan fingerprint density at radius 2 is 1.74 bits per heavy atom. The molecule has 0 radical (unpaired) electrons. The first kappa shape index (κ1) is 15.5. The average Bonchev–Trinajstić information content (AvgIpc) is 2.88. The van der Waals surface area contributed by atoms with E-state index in [4.69, 9.17) is 0 Å². The SMILES string of the molecule is O=S(=O)(CCc1ccccc1)Nc1c[nH]c2cc(F)c(F)cc12. The van der Waals surface area contributed by atoms with Crippen molar-refractivity contribution in [3.8, 4) is 0 Å². The maximum absolute atomic E-state index is 13.3. The van der Waals surface area contributed by atoms with Crippen molar-refractivity contribution >= 4 is 26.6 Å². The number of H-pyrrole nitrogens is 1. The number of halogens is 2. The van der Waals surface area contributed by atoms with Crippen molar-refractivity contribution in [2.24, 2.45) is 0 Å². The number of aromatic amines is 1. The molecule has 1 aromatic heterocycles. The van der Waals surface area contributed by atoms with Gasteiger partial charge in [0.2, 0.25) is 10.0 Å². The molecule has 0 amide bonds. The van der Waals surface area contributed by atoms with Crippen LogP contribution in [0.2, 0.25) is 0 Å². The van der Waals surface area contributed by atoms with E-state index in [0.29, 0.717) is 11.9 Å². The van der Waals surface area contributed by atoms with Gasteiger partial charge in [-0.15, -0.1) is 0 Å². The number of hydrogen-bond acceptors (Lipinski definition) is 2. The first-order valence-electron chi connectivity index (χ1n) is 6.95. The van der Waals surface area contributed by atoms with Gasteiger partial charge in [0.25, 0.3) is 0 Å². The molecule has 23 heavy (non-hydrogen) atoms. The van der Waals surface area contributed by atoms with Crippen molar-refractivity contribution in [1.82, 2.24) is 4.98 Å². The number of rotatable bonds is 5. The van der Waals surface area contributed by atoms with Crippen LogP contribution in [0.25, 0.3) is 10.9 Å². The number of sulfonamides is 1. The fourth-order valence-corrected chi connectivity index (χ4v) is 3.43. The van der Waals surface area contributed by atoms with Crippen LogP contribution in [0.15, 0.2) is 48.7 Å². The topological polar surface area (TPSA) is 62.0 Å². The van der Waals surface area contributed by atoms with Crippen molar-refractivity contribution in [1.29, 1.82) is 0 Å². The molecule has 0 bridgehead atoms. The molecule has 0 atom stereocenters. The Balaban J connectivity index is 1.79. The first-order chi connectivity index (χ1) is 10.9. The third kappa shape index (κ3) is 3.50. The summed E-state index contributed by atoms with van der Waals surface area (Å²) in [5.41, 5.74) is 1.43. The Hall–Kier alpha value is -2.41. The van der Waals surface area contributed by atoms with E-state index in [9.17, 15) is 17.2 Å². The smallest absolute Gasteiger partial charge is 0.233 e. The largest absolute Gasteiger partial charge is 0.359 e.